The number of hydrogen-bond acceptors (Lipinski definition) is 2. The molecule has 0 radical (unpaired) electrons. The average Bonchev–Trinajstić information content (AvgIpc) is 2.07. The Morgan fingerprint density at radius 1 is 1.33 bits per heavy atom. The monoisotopic (exact) mass is 185 g/mol. The van der Waals surface area contributed by atoms with Crippen LogP contribution in [-0.4, -0.2) is 11.2 Å². The predicted octanol–water partition coefficient (Wildman–Crippen LogP) is 1.85. The van der Waals surface area contributed by atoms with Crippen LogP contribution in [0.3, 0.4) is 0 Å². The molecule has 1 aromatic carbocycles. The van der Waals surface area contributed by atoms with Crippen LogP contribution in [0.4, 0.5) is 0 Å². The summed E-state index contributed by atoms with van der Waals surface area (Å²) in [5.41, 5.74) is 0.988. The van der Waals surface area contributed by atoms with Crippen molar-refractivity contribution in [3.8, 4) is 0 Å². The molecule has 0 aliphatic rings. The van der Waals surface area contributed by atoms with Crippen molar-refractivity contribution >= 4 is 11.8 Å². The van der Waals surface area contributed by atoms with Crippen molar-refractivity contribution in [2.24, 2.45) is 0 Å². The first kappa shape index (κ1) is 9.52. The number of hydrogen-bond donors (Lipinski definition) is 2. The average molecular weight is 186 g/mol. The van der Waals surface area contributed by atoms with Crippen molar-refractivity contribution in [2.45, 2.75) is 19.1 Å². The smallest absolute Gasteiger partial charge is 0.0727 e. The first-order chi connectivity index (χ1) is 5.75. The normalized spacial score (nSPS) is 15.6. The van der Waals surface area contributed by atoms with Crippen LogP contribution in [-0.2, 0) is 0 Å². The summed E-state index contributed by atoms with van der Waals surface area (Å²) < 4.78 is 0. The van der Waals surface area contributed by atoms with Crippen molar-refractivity contribution in [3.05, 3.63) is 35.9 Å². The molecule has 0 saturated heterocycles. The van der Waals surface area contributed by atoms with Gasteiger partial charge in [0.25, 0.3) is 0 Å². The molecule has 0 heterocycles. The van der Waals surface area contributed by atoms with E-state index in [1.165, 1.54) is 0 Å². The zero-order valence-electron chi connectivity index (χ0n) is 6.87. The second-order valence-corrected chi connectivity index (χ2v) is 2.96. The number of aliphatic hydroxyl groups is 1. The van der Waals surface area contributed by atoms with E-state index in [-0.39, 0.29) is 6.04 Å². The fourth-order valence-corrected chi connectivity index (χ4v) is 1.40. The van der Waals surface area contributed by atoms with E-state index in [0.29, 0.717) is 0 Å². The fraction of sp³-hybridized carbons (Fsp3) is 0.333. The largest absolute Gasteiger partial charge is 0.391 e. The minimum absolute atomic E-state index is 0.201. The van der Waals surface area contributed by atoms with Gasteiger partial charge in [-0.1, -0.05) is 30.3 Å². The molecule has 0 amide bonds. The number of benzene rings is 1. The van der Waals surface area contributed by atoms with Crippen LogP contribution in [0.15, 0.2) is 30.3 Å². The summed E-state index contributed by atoms with van der Waals surface area (Å²) in [6.45, 7) is 1.70. The van der Waals surface area contributed by atoms with Gasteiger partial charge in [-0.3, -0.25) is 0 Å². The van der Waals surface area contributed by atoms with Gasteiger partial charge in [0.15, 0.2) is 0 Å². The Labute approximate surface area is 77.3 Å². The quantitative estimate of drug-likeness (QED) is 0.705. The maximum absolute atomic E-state index is 9.32. The minimum atomic E-state index is -0.495. The van der Waals surface area contributed by atoms with Gasteiger partial charge in [0.1, 0.15) is 0 Å². The molecule has 3 heteroatoms. The van der Waals surface area contributed by atoms with Crippen LogP contribution in [0.25, 0.3) is 0 Å². The van der Waals surface area contributed by atoms with Gasteiger partial charge < -0.3 is 5.11 Å². The van der Waals surface area contributed by atoms with Gasteiger partial charge in [0.05, 0.1) is 12.1 Å². The Bertz CT molecular complexity index is 225. The first-order valence-electron chi connectivity index (χ1n) is 3.85. The Kier molecular flexibility index (Phi) is 3.53. The van der Waals surface area contributed by atoms with E-state index in [4.69, 9.17) is 11.8 Å². The third kappa shape index (κ3) is 2.21. The van der Waals surface area contributed by atoms with E-state index in [1.54, 1.807) is 6.92 Å². The topological polar surface area (TPSA) is 32.3 Å². The Morgan fingerprint density at radius 2 is 1.92 bits per heavy atom. The van der Waals surface area contributed by atoms with E-state index in [2.05, 4.69) is 4.84 Å². The molecule has 12 heavy (non-hydrogen) atoms. The lowest BCUT2D eigenvalue weighted by atomic mass is 10.0. The Hall–Kier alpha value is -0.570. The first-order valence-corrected chi connectivity index (χ1v) is 4.22. The molecule has 0 unspecified atom stereocenters. The summed E-state index contributed by atoms with van der Waals surface area (Å²) >= 11 is 5.49. The van der Waals surface area contributed by atoms with Crippen LogP contribution in [0, 0.1) is 0 Å². The molecular formula is C9H12ClNO. The molecule has 0 aliphatic heterocycles. The van der Waals surface area contributed by atoms with Crippen LogP contribution in [0.1, 0.15) is 18.5 Å². The van der Waals surface area contributed by atoms with Crippen molar-refractivity contribution in [1.29, 1.82) is 0 Å². The summed E-state index contributed by atoms with van der Waals surface area (Å²) in [6.07, 6.45) is -0.495. The second kappa shape index (κ2) is 4.45. The van der Waals surface area contributed by atoms with E-state index < -0.39 is 6.10 Å². The SMILES string of the molecule is C[C@@H](O)[C@@H](NCl)c1ccccc1. The summed E-state index contributed by atoms with van der Waals surface area (Å²) in [6, 6.07) is 9.40. The molecule has 2 N–H and O–H groups in total. The van der Waals surface area contributed by atoms with E-state index in [1.807, 2.05) is 30.3 Å². The van der Waals surface area contributed by atoms with Gasteiger partial charge in [-0.25, -0.2) is 4.84 Å². The van der Waals surface area contributed by atoms with E-state index in [9.17, 15) is 5.11 Å². The molecule has 2 atom stereocenters. The zero-order valence-corrected chi connectivity index (χ0v) is 7.62. The second-order valence-electron chi connectivity index (χ2n) is 2.74. The summed E-state index contributed by atoms with van der Waals surface area (Å²) in [7, 11) is 0. The van der Waals surface area contributed by atoms with Gasteiger partial charge in [-0.15, -0.1) is 0 Å². The molecular weight excluding hydrogens is 174 g/mol. The maximum atomic E-state index is 9.32. The van der Waals surface area contributed by atoms with Gasteiger partial charge in [-0.05, 0) is 24.3 Å². The zero-order chi connectivity index (χ0) is 8.97. The molecule has 1 rings (SSSR count). The summed E-state index contributed by atoms with van der Waals surface area (Å²) in [5, 5.41) is 9.32. The highest BCUT2D eigenvalue weighted by Gasteiger charge is 2.14. The molecule has 1 aromatic rings. The molecule has 0 fully saturated rings. The van der Waals surface area contributed by atoms with Crippen molar-refractivity contribution in [1.82, 2.24) is 4.84 Å². The minimum Gasteiger partial charge on any atom is -0.391 e. The third-order valence-electron chi connectivity index (χ3n) is 1.76. The maximum Gasteiger partial charge on any atom is 0.0727 e. The van der Waals surface area contributed by atoms with E-state index >= 15 is 0 Å². The van der Waals surface area contributed by atoms with Crippen molar-refractivity contribution in [2.75, 3.05) is 0 Å². The molecule has 2 nitrogen and oxygen atoms in total. The number of halogens is 1. The van der Waals surface area contributed by atoms with Crippen LogP contribution in [0.5, 0.6) is 0 Å². The predicted molar refractivity (Wildman–Crippen MR) is 49.9 cm³/mol. The van der Waals surface area contributed by atoms with Crippen molar-refractivity contribution < 1.29 is 5.11 Å². The summed E-state index contributed by atoms with van der Waals surface area (Å²) in [5.74, 6) is 0. The summed E-state index contributed by atoms with van der Waals surface area (Å²) in [4.78, 5) is 2.54. The lowest BCUT2D eigenvalue weighted by molar-refractivity contribution is 0.157. The fourth-order valence-electron chi connectivity index (χ4n) is 1.09. The highest BCUT2D eigenvalue weighted by molar-refractivity contribution is 6.13. The lowest BCUT2D eigenvalue weighted by Crippen LogP contribution is -2.23. The molecule has 0 aliphatic carbocycles. The van der Waals surface area contributed by atoms with Gasteiger partial charge in [0.2, 0.25) is 0 Å². The Balaban J connectivity index is 2.80. The standard InChI is InChI=1S/C9H12ClNO/c1-7(12)9(11-10)8-5-3-2-4-6-8/h2-7,9,11-12H,1H3/t7-,9-/m1/s1. The molecule has 0 spiro atoms. The Morgan fingerprint density at radius 3 is 2.33 bits per heavy atom. The van der Waals surface area contributed by atoms with Gasteiger partial charge in [-0.2, -0.15) is 0 Å². The van der Waals surface area contributed by atoms with Gasteiger partial charge >= 0.3 is 0 Å². The highest BCUT2D eigenvalue weighted by Crippen LogP contribution is 2.16. The molecule has 0 saturated carbocycles. The molecule has 0 bridgehead atoms. The van der Waals surface area contributed by atoms with Crippen LogP contribution in [0.2, 0.25) is 0 Å². The van der Waals surface area contributed by atoms with Gasteiger partial charge in [0, 0.05) is 0 Å². The highest BCUT2D eigenvalue weighted by atomic mass is 35.5. The van der Waals surface area contributed by atoms with Crippen LogP contribution < -0.4 is 4.84 Å². The molecule has 0 aromatic heterocycles. The third-order valence-corrected chi connectivity index (χ3v) is 1.99. The molecule has 66 valence electrons. The van der Waals surface area contributed by atoms with Crippen LogP contribution >= 0.6 is 11.8 Å². The van der Waals surface area contributed by atoms with E-state index in [0.717, 1.165) is 5.56 Å². The number of aliphatic hydroxyl groups excluding tert-OH is 1. The van der Waals surface area contributed by atoms with Crippen molar-refractivity contribution in [3.63, 3.8) is 0 Å². The number of nitrogens with one attached hydrogen (secondary N) is 1. The number of rotatable bonds is 3. The lowest BCUT2D eigenvalue weighted by Gasteiger charge is -2.17.